The molecule has 1 atom stereocenters. The topological polar surface area (TPSA) is 93.7 Å². The van der Waals surface area contributed by atoms with Crippen molar-refractivity contribution < 1.29 is 23.9 Å². The summed E-state index contributed by atoms with van der Waals surface area (Å²) < 4.78 is 10.4. The van der Waals surface area contributed by atoms with E-state index in [9.17, 15) is 14.4 Å². The Hall–Kier alpha value is -3.35. The van der Waals surface area contributed by atoms with E-state index >= 15 is 0 Å². The Labute approximate surface area is 150 Å². The quantitative estimate of drug-likeness (QED) is 0.652. The number of rotatable bonds is 3. The average Bonchev–Trinajstić information content (AvgIpc) is 2.63. The lowest BCUT2D eigenvalue weighted by Gasteiger charge is -2.33. The van der Waals surface area contributed by atoms with E-state index in [2.05, 4.69) is 10.6 Å². The van der Waals surface area contributed by atoms with E-state index in [1.54, 1.807) is 43.3 Å². The molecular weight excluding hydrogens is 336 g/mol. The second-order valence-electron chi connectivity index (χ2n) is 6.06. The van der Waals surface area contributed by atoms with E-state index in [-0.39, 0.29) is 0 Å². The average molecular weight is 354 g/mol. The first-order chi connectivity index (χ1) is 12.3. The van der Waals surface area contributed by atoms with E-state index in [1.165, 1.54) is 20.1 Å². The van der Waals surface area contributed by atoms with Crippen molar-refractivity contribution >= 4 is 29.2 Å². The molecule has 2 aromatic carbocycles. The Morgan fingerprint density at radius 1 is 1.19 bits per heavy atom. The van der Waals surface area contributed by atoms with Crippen molar-refractivity contribution in [2.75, 3.05) is 17.7 Å². The van der Waals surface area contributed by atoms with Crippen molar-refractivity contribution in [1.29, 1.82) is 0 Å². The maximum absolute atomic E-state index is 12.7. The number of carbonyl (C=O) groups excluding carboxylic acids is 3. The van der Waals surface area contributed by atoms with Crippen LogP contribution in [0.25, 0.3) is 0 Å². The fourth-order valence-corrected chi connectivity index (χ4v) is 2.60. The van der Waals surface area contributed by atoms with E-state index in [1.807, 2.05) is 0 Å². The van der Waals surface area contributed by atoms with Gasteiger partial charge >= 0.3 is 5.97 Å². The standard InChI is InChI=1S/C19H18N2O5/c1-11-8-9-12(10-13(11)16(22)25-3)20-17(23)19(2)18(24)21-14-6-4-5-7-15(14)26-19/h4-10H,1-3H3,(H,20,23)(H,21,24). The number of esters is 1. The molecule has 26 heavy (non-hydrogen) atoms. The summed E-state index contributed by atoms with van der Waals surface area (Å²) in [6.45, 7) is 3.15. The van der Waals surface area contributed by atoms with E-state index < -0.39 is 23.4 Å². The number of hydrogen-bond donors (Lipinski definition) is 2. The normalized spacial score (nSPS) is 18.2. The molecule has 1 heterocycles. The summed E-state index contributed by atoms with van der Waals surface area (Å²) in [6.07, 6.45) is 0. The fourth-order valence-electron chi connectivity index (χ4n) is 2.60. The summed E-state index contributed by atoms with van der Waals surface area (Å²) in [6, 6.07) is 11.7. The summed E-state index contributed by atoms with van der Waals surface area (Å²) in [5.74, 6) is -1.33. The van der Waals surface area contributed by atoms with Gasteiger partial charge in [0.1, 0.15) is 5.75 Å². The van der Waals surface area contributed by atoms with Gasteiger partial charge in [0.25, 0.3) is 17.4 Å². The molecule has 1 aliphatic heterocycles. The van der Waals surface area contributed by atoms with Gasteiger partial charge in [0.05, 0.1) is 18.4 Å². The first-order valence-electron chi connectivity index (χ1n) is 7.95. The zero-order valence-electron chi connectivity index (χ0n) is 14.6. The molecule has 0 spiro atoms. The molecule has 0 fully saturated rings. The molecule has 2 N–H and O–H groups in total. The van der Waals surface area contributed by atoms with Crippen molar-refractivity contribution in [2.24, 2.45) is 0 Å². The van der Waals surface area contributed by atoms with Gasteiger partial charge in [-0.3, -0.25) is 9.59 Å². The summed E-state index contributed by atoms with van der Waals surface area (Å²) >= 11 is 0. The van der Waals surface area contributed by atoms with Gasteiger partial charge in [-0.2, -0.15) is 0 Å². The second-order valence-corrected chi connectivity index (χ2v) is 6.06. The van der Waals surface area contributed by atoms with Crippen LogP contribution in [0, 0.1) is 6.92 Å². The van der Waals surface area contributed by atoms with Gasteiger partial charge in [-0.05, 0) is 43.7 Å². The Bertz CT molecular complexity index is 909. The first-order valence-corrected chi connectivity index (χ1v) is 7.95. The molecule has 0 saturated carbocycles. The van der Waals surface area contributed by atoms with Gasteiger partial charge in [0.15, 0.2) is 0 Å². The van der Waals surface area contributed by atoms with Crippen LogP contribution < -0.4 is 15.4 Å². The summed E-state index contributed by atoms with van der Waals surface area (Å²) in [5, 5.41) is 5.29. The lowest BCUT2D eigenvalue weighted by Crippen LogP contribution is -2.56. The molecule has 1 aliphatic rings. The van der Waals surface area contributed by atoms with E-state index in [0.717, 1.165) is 0 Å². The number of nitrogens with one attached hydrogen (secondary N) is 2. The van der Waals surface area contributed by atoms with Crippen LogP contribution in [0.15, 0.2) is 42.5 Å². The molecule has 0 saturated heterocycles. The van der Waals surface area contributed by atoms with Crippen molar-refractivity contribution in [1.82, 2.24) is 0 Å². The zero-order chi connectivity index (χ0) is 18.9. The minimum absolute atomic E-state index is 0.329. The summed E-state index contributed by atoms with van der Waals surface area (Å²) in [4.78, 5) is 36.9. The third-order valence-corrected chi connectivity index (χ3v) is 4.22. The lowest BCUT2D eigenvalue weighted by molar-refractivity contribution is -0.143. The van der Waals surface area contributed by atoms with Crippen LogP contribution >= 0.6 is 0 Å². The van der Waals surface area contributed by atoms with Gasteiger partial charge < -0.3 is 20.1 Å². The molecule has 0 radical (unpaired) electrons. The highest BCUT2D eigenvalue weighted by atomic mass is 16.5. The van der Waals surface area contributed by atoms with Gasteiger partial charge in [-0.15, -0.1) is 0 Å². The molecule has 134 valence electrons. The molecule has 7 nitrogen and oxygen atoms in total. The minimum Gasteiger partial charge on any atom is -0.466 e. The Morgan fingerprint density at radius 3 is 2.65 bits per heavy atom. The van der Waals surface area contributed by atoms with Gasteiger partial charge in [0, 0.05) is 5.69 Å². The molecule has 0 aliphatic carbocycles. The predicted octanol–water partition coefficient (Wildman–Crippen LogP) is 2.51. The van der Waals surface area contributed by atoms with Crippen LogP contribution in [-0.2, 0) is 14.3 Å². The number of para-hydroxylation sites is 2. The van der Waals surface area contributed by atoms with Gasteiger partial charge in [0.2, 0.25) is 0 Å². The van der Waals surface area contributed by atoms with Crippen molar-refractivity contribution in [3.63, 3.8) is 0 Å². The number of amides is 2. The summed E-state index contributed by atoms with van der Waals surface area (Å²) in [5.41, 5.74) is 0.157. The molecule has 0 bridgehead atoms. The lowest BCUT2D eigenvalue weighted by atomic mass is 10.0. The Balaban J connectivity index is 1.86. The fraction of sp³-hybridized carbons (Fsp3) is 0.211. The maximum Gasteiger partial charge on any atom is 0.338 e. The number of anilines is 2. The van der Waals surface area contributed by atoms with Gasteiger partial charge in [-0.1, -0.05) is 18.2 Å². The second kappa shape index (κ2) is 6.51. The number of benzene rings is 2. The highest BCUT2D eigenvalue weighted by molar-refractivity contribution is 6.19. The third-order valence-electron chi connectivity index (χ3n) is 4.22. The Morgan fingerprint density at radius 2 is 1.92 bits per heavy atom. The largest absolute Gasteiger partial charge is 0.466 e. The smallest absolute Gasteiger partial charge is 0.338 e. The van der Waals surface area contributed by atoms with Crippen molar-refractivity contribution in [3.8, 4) is 5.75 Å². The van der Waals surface area contributed by atoms with E-state index in [0.29, 0.717) is 28.3 Å². The number of ether oxygens (including phenoxy) is 2. The van der Waals surface area contributed by atoms with Crippen LogP contribution in [0.4, 0.5) is 11.4 Å². The van der Waals surface area contributed by atoms with Crippen LogP contribution in [0.3, 0.4) is 0 Å². The predicted molar refractivity (Wildman–Crippen MR) is 95.3 cm³/mol. The molecular formula is C19H18N2O5. The molecule has 2 amide bonds. The SMILES string of the molecule is COC(=O)c1cc(NC(=O)C2(C)Oc3ccccc3NC2=O)ccc1C. The molecule has 2 aromatic rings. The molecule has 7 heteroatoms. The zero-order valence-corrected chi connectivity index (χ0v) is 14.6. The van der Waals surface area contributed by atoms with Crippen LogP contribution in [0.5, 0.6) is 5.75 Å². The maximum atomic E-state index is 12.7. The van der Waals surface area contributed by atoms with Gasteiger partial charge in [-0.25, -0.2) is 4.79 Å². The van der Waals surface area contributed by atoms with E-state index in [4.69, 9.17) is 9.47 Å². The third kappa shape index (κ3) is 2.99. The monoisotopic (exact) mass is 354 g/mol. The molecule has 0 aromatic heterocycles. The van der Waals surface area contributed by atoms with Crippen LogP contribution in [-0.4, -0.2) is 30.5 Å². The minimum atomic E-state index is -1.75. The Kier molecular flexibility index (Phi) is 4.38. The first kappa shape index (κ1) is 17.5. The number of hydrogen-bond acceptors (Lipinski definition) is 5. The number of aryl methyl sites for hydroxylation is 1. The molecule has 3 rings (SSSR count). The van der Waals surface area contributed by atoms with Crippen molar-refractivity contribution in [3.05, 3.63) is 53.6 Å². The molecule has 1 unspecified atom stereocenters. The summed E-state index contributed by atoms with van der Waals surface area (Å²) in [7, 11) is 1.28. The number of carbonyl (C=O) groups is 3. The van der Waals surface area contributed by atoms with Crippen molar-refractivity contribution in [2.45, 2.75) is 19.4 Å². The van der Waals surface area contributed by atoms with Crippen LogP contribution in [0.2, 0.25) is 0 Å². The highest BCUT2D eigenvalue weighted by Gasteiger charge is 2.47. The number of fused-ring (bicyclic) bond motifs is 1. The van der Waals surface area contributed by atoms with Crippen LogP contribution in [0.1, 0.15) is 22.8 Å². The number of methoxy groups -OCH3 is 1. The highest BCUT2D eigenvalue weighted by Crippen LogP contribution is 2.33.